The average Bonchev–Trinajstić information content (AvgIpc) is 3.18. The molecule has 7 nitrogen and oxygen atoms in total. The molecule has 0 saturated heterocycles. The van der Waals surface area contributed by atoms with E-state index in [2.05, 4.69) is 15.4 Å². The van der Waals surface area contributed by atoms with Gasteiger partial charge in [-0.15, -0.1) is 0 Å². The number of nitrogens with zero attached hydrogens (tertiary/aromatic N) is 3. The number of nitrogens with one attached hydrogen (secondary N) is 1. The Morgan fingerprint density at radius 2 is 1.97 bits per heavy atom. The van der Waals surface area contributed by atoms with E-state index in [1.807, 2.05) is 48.7 Å². The van der Waals surface area contributed by atoms with E-state index in [1.165, 1.54) is 6.08 Å². The molecule has 0 atom stereocenters. The van der Waals surface area contributed by atoms with Crippen LogP contribution in [0.3, 0.4) is 0 Å². The summed E-state index contributed by atoms with van der Waals surface area (Å²) in [5, 5.41) is 7.25. The van der Waals surface area contributed by atoms with E-state index < -0.39 is 9.84 Å². The molecule has 0 bridgehead atoms. The molecule has 3 aromatic rings. The zero-order chi connectivity index (χ0) is 20.7. The van der Waals surface area contributed by atoms with Crippen LogP contribution in [-0.4, -0.2) is 47.1 Å². The second-order valence-electron chi connectivity index (χ2n) is 6.32. The summed E-state index contributed by atoms with van der Waals surface area (Å²) in [7, 11) is -3.11. The Balaban J connectivity index is 1.81. The number of pyridine rings is 1. The molecule has 0 aliphatic heterocycles. The van der Waals surface area contributed by atoms with Gasteiger partial charge in [0.1, 0.15) is 5.69 Å². The third kappa shape index (κ3) is 5.61. The molecule has 2 heterocycles. The molecule has 0 aliphatic rings. The van der Waals surface area contributed by atoms with Gasteiger partial charge in [0.05, 0.1) is 11.4 Å². The highest BCUT2D eigenvalue weighted by Gasteiger charge is 2.11. The van der Waals surface area contributed by atoms with E-state index in [0.717, 1.165) is 16.8 Å². The number of benzene rings is 1. The SMILES string of the molecule is CCS(=O)(=O)CCNC(=O)/C=C/c1cn(-c2ccccc2)nc1-c1cccnc1. The molecular weight excluding hydrogens is 388 g/mol. The molecule has 8 heteroatoms. The van der Waals surface area contributed by atoms with Gasteiger partial charge in [0.25, 0.3) is 0 Å². The molecule has 0 fully saturated rings. The van der Waals surface area contributed by atoms with Crippen molar-refractivity contribution in [2.75, 3.05) is 18.1 Å². The van der Waals surface area contributed by atoms with E-state index in [1.54, 1.807) is 30.1 Å². The Bertz CT molecular complexity index is 1090. The van der Waals surface area contributed by atoms with Crippen LogP contribution in [0.2, 0.25) is 0 Å². The van der Waals surface area contributed by atoms with Crippen molar-refractivity contribution in [3.8, 4) is 16.9 Å². The van der Waals surface area contributed by atoms with Crippen LogP contribution in [-0.2, 0) is 14.6 Å². The fourth-order valence-electron chi connectivity index (χ4n) is 2.65. The first kappa shape index (κ1) is 20.5. The van der Waals surface area contributed by atoms with Crippen molar-refractivity contribution >= 4 is 21.8 Å². The van der Waals surface area contributed by atoms with Crippen molar-refractivity contribution < 1.29 is 13.2 Å². The minimum atomic E-state index is -3.11. The highest BCUT2D eigenvalue weighted by atomic mass is 32.2. The highest BCUT2D eigenvalue weighted by Crippen LogP contribution is 2.24. The number of aromatic nitrogens is 3. The summed E-state index contributed by atoms with van der Waals surface area (Å²) in [5.74, 6) is -0.372. The van der Waals surface area contributed by atoms with Gasteiger partial charge in [-0.3, -0.25) is 9.78 Å². The van der Waals surface area contributed by atoms with Gasteiger partial charge in [0.2, 0.25) is 5.91 Å². The fraction of sp³-hybridized carbons (Fsp3) is 0.190. The van der Waals surface area contributed by atoms with Crippen LogP contribution in [0.4, 0.5) is 0 Å². The molecule has 0 saturated carbocycles. The summed E-state index contributed by atoms with van der Waals surface area (Å²) in [6, 6.07) is 13.4. The molecule has 0 unspecified atom stereocenters. The summed E-state index contributed by atoms with van der Waals surface area (Å²) < 4.78 is 24.8. The average molecular weight is 410 g/mol. The van der Waals surface area contributed by atoms with Crippen molar-refractivity contribution in [2.24, 2.45) is 0 Å². The number of carbonyl (C=O) groups is 1. The fourth-order valence-corrected chi connectivity index (χ4v) is 3.35. The second kappa shape index (κ2) is 9.29. The molecule has 29 heavy (non-hydrogen) atoms. The Kier molecular flexibility index (Phi) is 6.56. The third-order valence-corrected chi connectivity index (χ3v) is 5.97. The van der Waals surface area contributed by atoms with Gasteiger partial charge in [-0.1, -0.05) is 25.1 Å². The lowest BCUT2D eigenvalue weighted by molar-refractivity contribution is -0.116. The quantitative estimate of drug-likeness (QED) is 0.576. The molecule has 1 aromatic carbocycles. The highest BCUT2D eigenvalue weighted by molar-refractivity contribution is 7.91. The van der Waals surface area contributed by atoms with E-state index in [4.69, 9.17) is 0 Å². The zero-order valence-corrected chi connectivity index (χ0v) is 16.8. The van der Waals surface area contributed by atoms with Crippen molar-refractivity contribution in [2.45, 2.75) is 6.92 Å². The minimum absolute atomic E-state index is 0.0614. The van der Waals surface area contributed by atoms with E-state index in [-0.39, 0.29) is 24.0 Å². The van der Waals surface area contributed by atoms with Crippen LogP contribution in [0.15, 0.2) is 67.1 Å². The van der Waals surface area contributed by atoms with Crippen molar-refractivity contribution in [1.82, 2.24) is 20.1 Å². The molecule has 3 rings (SSSR count). The van der Waals surface area contributed by atoms with Gasteiger partial charge in [-0.05, 0) is 30.3 Å². The molecule has 0 aliphatic carbocycles. The van der Waals surface area contributed by atoms with Crippen molar-refractivity contribution in [1.29, 1.82) is 0 Å². The molecule has 1 N–H and O–H groups in total. The Labute approximate surface area is 170 Å². The number of hydrogen-bond donors (Lipinski definition) is 1. The smallest absolute Gasteiger partial charge is 0.244 e. The van der Waals surface area contributed by atoms with Gasteiger partial charge in [0, 0.05) is 48.1 Å². The van der Waals surface area contributed by atoms with Crippen LogP contribution in [0.5, 0.6) is 0 Å². The standard InChI is InChI=1S/C21H22N4O3S/c1-2-29(27,28)14-13-23-20(26)11-10-18-16-25(19-8-4-3-5-9-19)24-21(18)17-7-6-12-22-15-17/h3-12,15-16H,2,13-14H2,1H3,(H,23,26)/b11-10+. The van der Waals surface area contributed by atoms with Gasteiger partial charge in [0.15, 0.2) is 9.84 Å². The van der Waals surface area contributed by atoms with Gasteiger partial charge in [-0.25, -0.2) is 13.1 Å². The Hall–Kier alpha value is -3.26. The van der Waals surface area contributed by atoms with Gasteiger partial charge < -0.3 is 5.32 Å². The lowest BCUT2D eigenvalue weighted by Crippen LogP contribution is -2.28. The Morgan fingerprint density at radius 3 is 2.66 bits per heavy atom. The summed E-state index contributed by atoms with van der Waals surface area (Å²) in [6.45, 7) is 1.67. The van der Waals surface area contributed by atoms with Gasteiger partial charge in [-0.2, -0.15) is 5.10 Å². The third-order valence-electron chi connectivity index (χ3n) is 4.26. The number of amides is 1. The van der Waals surface area contributed by atoms with Crippen molar-refractivity contribution in [3.63, 3.8) is 0 Å². The number of sulfone groups is 1. The summed E-state index contributed by atoms with van der Waals surface area (Å²) >= 11 is 0. The number of hydrogen-bond acceptors (Lipinski definition) is 5. The minimum Gasteiger partial charge on any atom is -0.352 e. The van der Waals surface area contributed by atoms with Crippen LogP contribution in [0, 0.1) is 0 Å². The van der Waals surface area contributed by atoms with Gasteiger partial charge >= 0.3 is 0 Å². The molecule has 0 radical (unpaired) electrons. The zero-order valence-electron chi connectivity index (χ0n) is 16.0. The molecule has 150 valence electrons. The van der Waals surface area contributed by atoms with E-state index in [0.29, 0.717) is 5.69 Å². The first-order valence-electron chi connectivity index (χ1n) is 9.20. The summed E-state index contributed by atoms with van der Waals surface area (Å²) in [5.41, 5.74) is 3.17. The van der Waals surface area contributed by atoms with Crippen LogP contribution < -0.4 is 5.32 Å². The Morgan fingerprint density at radius 1 is 1.17 bits per heavy atom. The number of carbonyl (C=O) groups excluding carboxylic acids is 1. The molecular formula is C21H22N4O3S. The van der Waals surface area contributed by atoms with Crippen LogP contribution in [0.25, 0.3) is 23.0 Å². The lowest BCUT2D eigenvalue weighted by atomic mass is 10.1. The molecule has 2 aromatic heterocycles. The maximum absolute atomic E-state index is 12.1. The van der Waals surface area contributed by atoms with Crippen molar-refractivity contribution in [3.05, 3.63) is 72.7 Å². The predicted octanol–water partition coefficient (Wildman–Crippen LogP) is 2.50. The normalized spacial score (nSPS) is 11.6. The predicted molar refractivity (Wildman–Crippen MR) is 113 cm³/mol. The topological polar surface area (TPSA) is 94.0 Å². The molecule has 1 amide bonds. The van der Waals surface area contributed by atoms with Crippen LogP contribution in [0.1, 0.15) is 12.5 Å². The van der Waals surface area contributed by atoms with E-state index >= 15 is 0 Å². The lowest BCUT2D eigenvalue weighted by Gasteiger charge is -2.02. The van der Waals surface area contributed by atoms with Crippen LogP contribution >= 0.6 is 0 Å². The summed E-state index contributed by atoms with van der Waals surface area (Å²) in [4.78, 5) is 16.2. The maximum atomic E-state index is 12.1. The second-order valence-corrected chi connectivity index (χ2v) is 8.79. The number of rotatable bonds is 8. The number of para-hydroxylation sites is 1. The monoisotopic (exact) mass is 410 g/mol. The first-order valence-corrected chi connectivity index (χ1v) is 11.0. The first-order chi connectivity index (χ1) is 14.0. The van der Waals surface area contributed by atoms with E-state index in [9.17, 15) is 13.2 Å². The molecule has 0 spiro atoms. The largest absolute Gasteiger partial charge is 0.352 e. The maximum Gasteiger partial charge on any atom is 0.244 e. The summed E-state index contributed by atoms with van der Waals surface area (Å²) in [6.07, 6.45) is 8.28.